The largest absolute Gasteiger partial charge is 0.476 e. The van der Waals surface area contributed by atoms with Gasteiger partial charge in [0.1, 0.15) is 12.3 Å². The van der Waals surface area contributed by atoms with Gasteiger partial charge in [0.25, 0.3) is 5.91 Å². The second-order valence-corrected chi connectivity index (χ2v) is 7.62. The van der Waals surface area contributed by atoms with E-state index in [1.54, 1.807) is 6.07 Å². The normalized spacial score (nSPS) is 13.8. The number of hydrogen-bond donors (Lipinski definition) is 2. The van der Waals surface area contributed by atoms with E-state index in [1.165, 1.54) is 0 Å². The van der Waals surface area contributed by atoms with E-state index in [0.29, 0.717) is 70.2 Å². The monoisotopic (exact) mass is 458 g/mol. The summed E-state index contributed by atoms with van der Waals surface area (Å²) in [5.74, 6) is 0.521. The number of ether oxygens (including phenoxy) is 3. The molecule has 0 spiro atoms. The highest BCUT2D eigenvalue weighted by Gasteiger charge is 2.19. The molecular weight excluding hydrogens is 424 g/mol. The lowest BCUT2D eigenvalue weighted by atomic mass is 10.2. The van der Waals surface area contributed by atoms with Crippen LogP contribution >= 0.6 is 0 Å². The molecule has 0 saturated carbocycles. The molecule has 180 valence electrons. The number of hydrogen-bond acceptors (Lipinski definition) is 9. The van der Waals surface area contributed by atoms with Gasteiger partial charge in [-0.25, -0.2) is 4.98 Å². The third kappa shape index (κ3) is 7.85. The summed E-state index contributed by atoms with van der Waals surface area (Å²) >= 11 is 0. The maximum absolute atomic E-state index is 13.0. The smallest absolute Gasteiger partial charge is 0.274 e. The van der Waals surface area contributed by atoms with Crippen molar-refractivity contribution in [3.8, 4) is 5.88 Å². The Hall–Kier alpha value is -2.95. The van der Waals surface area contributed by atoms with Crippen LogP contribution in [0.4, 0.5) is 17.3 Å². The van der Waals surface area contributed by atoms with Crippen LogP contribution in [0.3, 0.4) is 0 Å². The average molecular weight is 459 g/mol. The molecule has 1 aliphatic rings. The minimum absolute atomic E-state index is 0.251. The summed E-state index contributed by atoms with van der Waals surface area (Å²) < 4.78 is 16.7. The van der Waals surface area contributed by atoms with Crippen LogP contribution in [0.5, 0.6) is 5.88 Å². The molecule has 0 bridgehead atoms. The molecule has 1 amide bonds. The molecule has 0 radical (unpaired) electrons. The Morgan fingerprint density at radius 3 is 2.67 bits per heavy atom. The second-order valence-electron chi connectivity index (χ2n) is 7.62. The number of benzene rings is 1. The molecule has 1 aliphatic heterocycles. The summed E-state index contributed by atoms with van der Waals surface area (Å²) in [5.41, 5.74) is 1.83. The van der Waals surface area contributed by atoms with E-state index in [-0.39, 0.29) is 11.6 Å². The van der Waals surface area contributed by atoms with E-state index in [4.69, 9.17) is 14.2 Å². The Morgan fingerprint density at radius 2 is 1.91 bits per heavy atom. The number of amides is 1. The van der Waals surface area contributed by atoms with Crippen LogP contribution in [0.1, 0.15) is 17.4 Å². The van der Waals surface area contributed by atoms with Crippen LogP contribution in [0.2, 0.25) is 0 Å². The average Bonchev–Trinajstić information content (AvgIpc) is 2.84. The molecule has 0 aliphatic carbocycles. The molecule has 3 rings (SSSR count). The van der Waals surface area contributed by atoms with Crippen LogP contribution in [-0.4, -0.2) is 94.1 Å². The summed E-state index contributed by atoms with van der Waals surface area (Å²) in [6.07, 6.45) is 0. The van der Waals surface area contributed by atoms with Crippen molar-refractivity contribution in [1.82, 2.24) is 14.9 Å². The molecule has 2 N–H and O–H groups in total. The lowest BCUT2D eigenvalue weighted by Gasteiger charge is -2.27. The number of likely N-dealkylation sites (N-methyl/N-ethyl adjacent to an activating group) is 1. The van der Waals surface area contributed by atoms with Crippen molar-refractivity contribution in [3.05, 3.63) is 36.0 Å². The van der Waals surface area contributed by atoms with Crippen LogP contribution in [0.15, 0.2) is 30.3 Å². The molecule has 10 heteroatoms. The van der Waals surface area contributed by atoms with Crippen molar-refractivity contribution in [1.29, 1.82) is 0 Å². The van der Waals surface area contributed by atoms with Gasteiger partial charge in [-0.05, 0) is 32.2 Å². The summed E-state index contributed by atoms with van der Waals surface area (Å²) in [7, 11) is 3.84. The van der Waals surface area contributed by atoms with Crippen LogP contribution in [0.25, 0.3) is 0 Å². The standard InChI is InChI=1S/C23H34N6O4/c1-4-31-12-8-28(3)9-15-33-21-17-20(26-23(27-21)29-10-13-32-14-11-29)22(30)25-19-7-5-6-18(16-19)24-2/h5-7,16-17,24H,4,8-15H2,1-3H3,(H,25,30). The van der Waals surface area contributed by atoms with Gasteiger partial charge in [-0.1, -0.05) is 6.07 Å². The summed E-state index contributed by atoms with van der Waals surface area (Å²) in [6.45, 7) is 7.85. The number of aromatic nitrogens is 2. The predicted molar refractivity (Wildman–Crippen MR) is 128 cm³/mol. The first-order valence-electron chi connectivity index (χ1n) is 11.3. The van der Waals surface area contributed by atoms with Crippen LogP contribution < -0.4 is 20.3 Å². The van der Waals surface area contributed by atoms with Crippen LogP contribution in [0, 0.1) is 0 Å². The van der Waals surface area contributed by atoms with E-state index >= 15 is 0 Å². The molecule has 2 heterocycles. The Bertz CT molecular complexity index is 891. The Kier molecular flexibility index (Phi) is 9.67. The van der Waals surface area contributed by atoms with Crippen molar-refractivity contribution < 1.29 is 19.0 Å². The van der Waals surface area contributed by atoms with E-state index < -0.39 is 0 Å². The number of nitrogens with zero attached hydrogens (tertiary/aromatic N) is 4. The number of anilines is 3. The summed E-state index contributed by atoms with van der Waals surface area (Å²) in [5, 5.41) is 5.97. The maximum atomic E-state index is 13.0. The number of carbonyl (C=O) groups excluding carboxylic acids is 1. The fourth-order valence-electron chi connectivity index (χ4n) is 3.24. The van der Waals surface area contributed by atoms with Gasteiger partial charge < -0.3 is 34.6 Å². The van der Waals surface area contributed by atoms with Crippen molar-refractivity contribution in [2.24, 2.45) is 0 Å². The first kappa shape index (κ1) is 24.7. The van der Waals surface area contributed by atoms with Gasteiger partial charge in [-0.3, -0.25) is 4.79 Å². The van der Waals surface area contributed by atoms with Gasteiger partial charge >= 0.3 is 0 Å². The molecule has 33 heavy (non-hydrogen) atoms. The van der Waals surface area contributed by atoms with Gasteiger partial charge in [0.15, 0.2) is 0 Å². The highest BCUT2D eigenvalue weighted by Crippen LogP contribution is 2.20. The first-order chi connectivity index (χ1) is 16.1. The highest BCUT2D eigenvalue weighted by molar-refractivity contribution is 6.03. The molecule has 0 atom stereocenters. The SMILES string of the molecule is CCOCCN(C)CCOc1cc(C(=O)Nc2cccc(NC)c2)nc(N2CCOCC2)n1. The molecular formula is C23H34N6O4. The predicted octanol–water partition coefficient (Wildman–Crippen LogP) is 1.95. The number of carbonyl (C=O) groups is 1. The van der Waals surface area contributed by atoms with Gasteiger partial charge in [0, 0.05) is 57.3 Å². The maximum Gasteiger partial charge on any atom is 0.274 e. The lowest BCUT2D eigenvalue weighted by Crippen LogP contribution is -2.37. The Morgan fingerprint density at radius 1 is 1.15 bits per heavy atom. The molecule has 10 nitrogen and oxygen atoms in total. The summed E-state index contributed by atoms with van der Waals surface area (Å²) in [4.78, 5) is 26.2. The van der Waals surface area contributed by atoms with E-state index in [2.05, 4.69) is 25.5 Å². The molecule has 1 aromatic heterocycles. The van der Waals surface area contributed by atoms with E-state index in [0.717, 1.165) is 12.2 Å². The third-order valence-corrected chi connectivity index (χ3v) is 5.17. The zero-order chi connectivity index (χ0) is 23.5. The van der Waals surface area contributed by atoms with Crippen molar-refractivity contribution in [2.45, 2.75) is 6.92 Å². The zero-order valence-electron chi connectivity index (χ0n) is 19.7. The molecule has 1 saturated heterocycles. The second kappa shape index (κ2) is 12.9. The highest BCUT2D eigenvalue weighted by atomic mass is 16.5. The van der Waals surface area contributed by atoms with Gasteiger partial charge in [0.05, 0.1) is 19.8 Å². The fraction of sp³-hybridized carbons (Fsp3) is 0.522. The minimum Gasteiger partial charge on any atom is -0.476 e. The van der Waals surface area contributed by atoms with E-state index in [9.17, 15) is 4.79 Å². The van der Waals surface area contributed by atoms with Crippen molar-refractivity contribution in [2.75, 3.05) is 88.8 Å². The van der Waals surface area contributed by atoms with Gasteiger partial charge in [-0.2, -0.15) is 4.98 Å². The van der Waals surface area contributed by atoms with Crippen molar-refractivity contribution in [3.63, 3.8) is 0 Å². The number of rotatable bonds is 12. The quantitative estimate of drug-likeness (QED) is 0.462. The first-order valence-corrected chi connectivity index (χ1v) is 11.3. The van der Waals surface area contributed by atoms with E-state index in [1.807, 2.05) is 50.2 Å². The molecule has 2 aromatic rings. The molecule has 0 unspecified atom stereocenters. The number of nitrogens with one attached hydrogen (secondary N) is 2. The lowest BCUT2D eigenvalue weighted by molar-refractivity contribution is 0.102. The minimum atomic E-state index is -0.321. The van der Waals surface area contributed by atoms with Crippen LogP contribution in [-0.2, 0) is 9.47 Å². The molecule has 1 aromatic carbocycles. The van der Waals surface area contributed by atoms with Gasteiger partial charge in [-0.15, -0.1) is 0 Å². The molecule has 1 fully saturated rings. The fourth-order valence-corrected chi connectivity index (χ4v) is 3.24. The van der Waals surface area contributed by atoms with Gasteiger partial charge in [0.2, 0.25) is 11.8 Å². The van der Waals surface area contributed by atoms with Crippen molar-refractivity contribution >= 4 is 23.2 Å². The summed E-state index contributed by atoms with van der Waals surface area (Å²) in [6, 6.07) is 9.07. The topological polar surface area (TPSA) is 101 Å². The number of morpholine rings is 1. The Balaban J connectivity index is 1.70. The Labute approximate surface area is 195 Å². The zero-order valence-corrected chi connectivity index (χ0v) is 19.7. The third-order valence-electron chi connectivity index (χ3n) is 5.17.